The summed E-state index contributed by atoms with van der Waals surface area (Å²) in [6, 6.07) is 0. The van der Waals surface area contributed by atoms with Gasteiger partial charge < -0.3 is 5.73 Å². The van der Waals surface area contributed by atoms with Crippen molar-refractivity contribution in [1.82, 2.24) is 0 Å². The number of halogens is 3. The van der Waals surface area contributed by atoms with Crippen molar-refractivity contribution in [3.05, 3.63) is 23.4 Å². The summed E-state index contributed by atoms with van der Waals surface area (Å²) in [5.41, 5.74) is 4.31. The Hall–Kier alpha value is -1.37. The summed E-state index contributed by atoms with van der Waals surface area (Å²) in [5, 5.41) is 0. The van der Waals surface area contributed by atoms with Crippen LogP contribution in [0.1, 0.15) is 6.92 Å². The lowest BCUT2D eigenvalue weighted by Gasteiger charge is -2.03. The second-order valence-electron chi connectivity index (χ2n) is 2.11. The van der Waals surface area contributed by atoms with Crippen LogP contribution in [0.25, 0.3) is 0 Å². The second kappa shape index (κ2) is 3.86. The first-order valence-electron chi connectivity index (χ1n) is 3.05. The van der Waals surface area contributed by atoms with Gasteiger partial charge in [0.15, 0.2) is 0 Å². The number of rotatable bonds is 1. The zero-order valence-corrected chi connectivity index (χ0v) is 6.44. The Kier molecular flexibility index (Phi) is 3.42. The molecule has 0 heterocycles. The smallest absolute Gasteiger partial charge is 0.392 e. The molecule has 4 heteroatoms. The lowest BCUT2D eigenvalue weighted by Crippen LogP contribution is -2.08. The predicted molar refractivity (Wildman–Crippen MR) is 40.9 cm³/mol. The minimum absolute atomic E-state index is 0.0291. The summed E-state index contributed by atoms with van der Waals surface area (Å²) >= 11 is 0. The molecule has 0 atom stereocenters. The Morgan fingerprint density at radius 1 is 1.42 bits per heavy atom. The van der Waals surface area contributed by atoms with Gasteiger partial charge in [-0.25, -0.2) is 0 Å². The Morgan fingerprint density at radius 2 is 1.92 bits per heavy atom. The van der Waals surface area contributed by atoms with E-state index >= 15 is 0 Å². The van der Waals surface area contributed by atoms with Gasteiger partial charge in [-0.05, 0) is 13.0 Å². The van der Waals surface area contributed by atoms with Crippen LogP contribution < -0.4 is 5.73 Å². The Labute approximate surface area is 68.8 Å². The van der Waals surface area contributed by atoms with E-state index in [1.165, 1.54) is 0 Å². The Balaban J connectivity index is 4.52. The van der Waals surface area contributed by atoms with Crippen molar-refractivity contribution in [1.29, 1.82) is 0 Å². The molecule has 0 aliphatic rings. The summed E-state index contributed by atoms with van der Waals surface area (Å²) < 4.78 is 35.4. The molecule has 0 aliphatic carbocycles. The standard InChI is InChI=1S/C8H8F3N/c1-3-7(12)5-4-6(2)8(9,10)11/h1,4-5H,12H2,2H3/b6-4+,7-5+. The molecule has 0 bridgehead atoms. The van der Waals surface area contributed by atoms with Crippen LogP contribution in [0.15, 0.2) is 23.4 Å². The summed E-state index contributed by atoms with van der Waals surface area (Å²) in [7, 11) is 0. The van der Waals surface area contributed by atoms with E-state index in [2.05, 4.69) is 0 Å². The number of allylic oxidation sites excluding steroid dienone is 4. The highest BCUT2D eigenvalue weighted by Crippen LogP contribution is 2.24. The average Bonchev–Trinajstić information content (AvgIpc) is 1.97. The van der Waals surface area contributed by atoms with Crippen molar-refractivity contribution < 1.29 is 13.2 Å². The zero-order valence-electron chi connectivity index (χ0n) is 6.44. The van der Waals surface area contributed by atoms with E-state index in [1.807, 2.05) is 5.92 Å². The van der Waals surface area contributed by atoms with Crippen molar-refractivity contribution in [2.45, 2.75) is 13.1 Å². The molecule has 0 saturated carbocycles. The third-order valence-electron chi connectivity index (χ3n) is 1.13. The average molecular weight is 175 g/mol. The quantitative estimate of drug-likeness (QED) is 0.478. The normalized spacial score (nSPS) is 14.2. The highest BCUT2D eigenvalue weighted by atomic mass is 19.4. The molecule has 0 spiro atoms. The van der Waals surface area contributed by atoms with E-state index in [9.17, 15) is 13.2 Å². The van der Waals surface area contributed by atoms with Crippen LogP contribution in [0.5, 0.6) is 0 Å². The maximum absolute atomic E-state index is 11.8. The molecule has 12 heavy (non-hydrogen) atoms. The van der Waals surface area contributed by atoms with Crippen LogP contribution in [0, 0.1) is 12.3 Å². The fraction of sp³-hybridized carbons (Fsp3) is 0.250. The fourth-order valence-corrected chi connectivity index (χ4v) is 0.357. The molecule has 0 radical (unpaired) electrons. The first-order valence-corrected chi connectivity index (χ1v) is 3.05. The van der Waals surface area contributed by atoms with E-state index in [-0.39, 0.29) is 5.70 Å². The molecular weight excluding hydrogens is 167 g/mol. The molecule has 2 N–H and O–H groups in total. The van der Waals surface area contributed by atoms with Crippen molar-refractivity contribution in [3.63, 3.8) is 0 Å². The molecule has 66 valence electrons. The van der Waals surface area contributed by atoms with Gasteiger partial charge in [-0.15, -0.1) is 6.42 Å². The molecule has 0 saturated heterocycles. The van der Waals surface area contributed by atoms with Crippen LogP contribution in [0.4, 0.5) is 13.2 Å². The van der Waals surface area contributed by atoms with E-state index < -0.39 is 11.7 Å². The monoisotopic (exact) mass is 175 g/mol. The van der Waals surface area contributed by atoms with Gasteiger partial charge in [0, 0.05) is 5.57 Å². The Bertz CT molecular complexity index is 252. The first kappa shape index (κ1) is 10.6. The lowest BCUT2D eigenvalue weighted by molar-refractivity contribution is -0.0912. The van der Waals surface area contributed by atoms with Crippen LogP contribution in [0.3, 0.4) is 0 Å². The van der Waals surface area contributed by atoms with Crippen LogP contribution in [-0.4, -0.2) is 6.18 Å². The molecule has 0 fully saturated rings. The number of alkyl halides is 3. The van der Waals surface area contributed by atoms with Gasteiger partial charge >= 0.3 is 6.18 Å². The first-order chi connectivity index (χ1) is 5.38. The summed E-state index contributed by atoms with van der Waals surface area (Å²) in [6.45, 7) is 0.945. The maximum Gasteiger partial charge on any atom is 0.412 e. The third kappa shape index (κ3) is 3.71. The van der Waals surface area contributed by atoms with Crippen molar-refractivity contribution >= 4 is 0 Å². The molecule has 0 aromatic rings. The van der Waals surface area contributed by atoms with Crippen molar-refractivity contribution in [2.75, 3.05) is 0 Å². The van der Waals surface area contributed by atoms with Crippen molar-refractivity contribution in [2.24, 2.45) is 5.73 Å². The lowest BCUT2D eigenvalue weighted by atomic mass is 10.2. The van der Waals surface area contributed by atoms with Gasteiger partial charge in [0.2, 0.25) is 0 Å². The zero-order chi connectivity index (χ0) is 9.78. The largest absolute Gasteiger partial charge is 0.412 e. The van der Waals surface area contributed by atoms with Gasteiger partial charge in [-0.3, -0.25) is 0 Å². The molecule has 0 aromatic carbocycles. The Morgan fingerprint density at radius 3 is 2.25 bits per heavy atom. The van der Waals surface area contributed by atoms with E-state index in [1.54, 1.807) is 0 Å². The van der Waals surface area contributed by atoms with E-state index in [0.717, 1.165) is 19.1 Å². The molecule has 0 aliphatic heterocycles. The van der Waals surface area contributed by atoms with Gasteiger partial charge in [0.1, 0.15) is 0 Å². The van der Waals surface area contributed by atoms with Gasteiger partial charge in [-0.2, -0.15) is 13.2 Å². The molecule has 0 aromatic heterocycles. The number of terminal acetylenes is 1. The van der Waals surface area contributed by atoms with Crippen LogP contribution in [0.2, 0.25) is 0 Å². The molecule has 0 rings (SSSR count). The summed E-state index contributed by atoms with van der Waals surface area (Å²) in [4.78, 5) is 0. The van der Waals surface area contributed by atoms with Gasteiger partial charge in [0.05, 0.1) is 5.70 Å². The van der Waals surface area contributed by atoms with Crippen molar-refractivity contribution in [3.8, 4) is 12.3 Å². The minimum Gasteiger partial charge on any atom is -0.392 e. The summed E-state index contributed by atoms with van der Waals surface area (Å²) in [5.74, 6) is 2.00. The molecule has 1 nitrogen and oxygen atoms in total. The van der Waals surface area contributed by atoms with Gasteiger partial charge in [0.25, 0.3) is 0 Å². The second-order valence-corrected chi connectivity index (χ2v) is 2.11. The predicted octanol–water partition coefficient (Wildman–Crippen LogP) is 1.97. The highest BCUT2D eigenvalue weighted by Gasteiger charge is 2.29. The number of hydrogen-bond acceptors (Lipinski definition) is 1. The fourth-order valence-electron chi connectivity index (χ4n) is 0.357. The number of hydrogen-bond donors (Lipinski definition) is 1. The maximum atomic E-state index is 11.8. The number of nitrogens with two attached hydrogens (primary N) is 1. The van der Waals surface area contributed by atoms with E-state index in [4.69, 9.17) is 12.2 Å². The SMILES string of the molecule is C#C/C(N)=C\C=C(/C)C(F)(F)F. The highest BCUT2D eigenvalue weighted by molar-refractivity contribution is 5.28. The van der Waals surface area contributed by atoms with E-state index in [0.29, 0.717) is 0 Å². The topological polar surface area (TPSA) is 26.0 Å². The summed E-state index contributed by atoms with van der Waals surface area (Å²) in [6.07, 6.45) is 2.39. The van der Waals surface area contributed by atoms with Crippen LogP contribution >= 0.6 is 0 Å². The molecule has 0 amide bonds. The minimum atomic E-state index is -4.31. The molecule has 0 unspecified atom stereocenters. The van der Waals surface area contributed by atoms with Gasteiger partial charge in [-0.1, -0.05) is 12.0 Å². The third-order valence-corrected chi connectivity index (χ3v) is 1.13. The van der Waals surface area contributed by atoms with Crippen LogP contribution in [-0.2, 0) is 0 Å². The molecular formula is C8H8F3N.